The highest BCUT2D eigenvalue weighted by Gasteiger charge is 2.20. The molecule has 0 aromatic carbocycles. The molecule has 58 valence electrons. The van der Waals surface area contributed by atoms with Gasteiger partial charge in [-0.2, -0.15) is 0 Å². The molecule has 4 heteroatoms. The smallest absolute Gasteiger partial charge is 0.269 e. The number of rotatable bonds is 0. The first-order chi connectivity index (χ1) is 5.27. The maximum absolute atomic E-state index is 11.2. The standard InChI is InChI=1S/C7H9N3O/c1-5-3-10-4-8-2-6(10)7(11)9-5/h2,4-5H,3H2,1H3,(H,9,11)/t5-/m0/s1. The summed E-state index contributed by atoms with van der Waals surface area (Å²) < 4.78 is 1.86. The molecule has 0 saturated heterocycles. The van der Waals surface area contributed by atoms with Crippen molar-refractivity contribution in [2.75, 3.05) is 0 Å². The Balaban J connectivity index is 2.44. The molecule has 0 aliphatic carbocycles. The minimum Gasteiger partial charge on any atom is -0.346 e. The van der Waals surface area contributed by atoms with Crippen LogP contribution in [0.3, 0.4) is 0 Å². The first-order valence-corrected chi connectivity index (χ1v) is 3.58. The first-order valence-electron chi connectivity index (χ1n) is 3.58. The molecule has 1 aliphatic rings. The molecule has 4 nitrogen and oxygen atoms in total. The lowest BCUT2D eigenvalue weighted by molar-refractivity contribution is 0.0906. The van der Waals surface area contributed by atoms with Gasteiger partial charge >= 0.3 is 0 Å². The lowest BCUT2D eigenvalue weighted by atomic mass is 10.2. The molecule has 0 unspecified atom stereocenters. The number of carbonyl (C=O) groups is 1. The number of fused-ring (bicyclic) bond motifs is 1. The Morgan fingerprint density at radius 2 is 2.64 bits per heavy atom. The maximum atomic E-state index is 11.2. The van der Waals surface area contributed by atoms with Crippen LogP contribution in [-0.4, -0.2) is 21.5 Å². The number of hydrogen-bond donors (Lipinski definition) is 1. The highest BCUT2D eigenvalue weighted by molar-refractivity contribution is 5.93. The Morgan fingerprint density at radius 3 is 3.45 bits per heavy atom. The number of hydrogen-bond acceptors (Lipinski definition) is 2. The van der Waals surface area contributed by atoms with Crippen LogP contribution in [0.2, 0.25) is 0 Å². The van der Waals surface area contributed by atoms with E-state index in [-0.39, 0.29) is 11.9 Å². The van der Waals surface area contributed by atoms with Gasteiger partial charge in [0.05, 0.1) is 12.5 Å². The van der Waals surface area contributed by atoms with Gasteiger partial charge in [0.25, 0.3) is 5.91 Å². The minimum absolute atomic E-state index is 0.0266. The second-order valence-corrected chi connectivity index (χ2v) is 2.81. The second kappa shape index (κ2) is 2.08. The fourth-order valence-corrected chi connectivity index (χ4v) is 1.29. The van der Waals surface area contributed by atoms with Crippen molar-refractivity contribution in [3.63, 3.8) is 0 Å². The van der Waals surface area contributed by atoms with E-state index in [4.69, 9.17) is 0 Å². The van der Waals surface area contributed by atoms with Crippen LogP contribution in [0.15, 0.2) is 12.5 Å². The Labute approximate surface area is 64.2 Å². The van der Waals surface area contributed by atoms with Crippen LogP contribution in [0.4, 0.5) is 0 Å². The number of nitrogens with zero attached hydrogens (tertiary/aromatic N) is 2. The molecule has 2 heterocycles. The van der Waals surface area contributed by atoms with E-state index in [1.807, 2.05) is 11.5 Å². The van der Waals surface area contributed by atoms with Crippen molar-refractivity contribution >= 4 is 5.91 Å². The predicted octanol–water partition coefficient (Wildman–Crippen LogP) is 0.0150. The van der Waals surface area contributed by atoms with Gasteiger partial charge in [-0.05, 0) is 6.92 Å². The van der Waals surface area contributed by atoms with Gasteiger partial charge in [0, 0.05) is 12.6 Å². The van der Waals surface area contributed by atoms with E-state index in [0.29, 0.717) is 5.69 Å². The normalized spacial score (nSPS) is 22.6. The molecule has 1 aromatic heterocycles. The van der Waals surface area contributed by atoms with Gasteiger partial charge in [-0.3, -0.25) is 4.79 Å². The van der Waals surface area contributed by atoms with Gasteiger partial charge in [0.2, 0.25) is 0 Å². The van der Waals surface area contributed by atoms with Crippen molar-refractivity contribution < 1.29 is 4.79 Å². The molecule has 0 saturated carbocycles. The van der Waals surface area contributed by atoms with Crippen LogP contribution in [-0.2, 0) is 6.54 Å². The molecule has 0 spiro atoms. The third kappa shape index (κ3) is 0.906. The second-order valence-electron chi connectivity index (χ2n) is 2.81. The summed E-state index contributed by atoms with van der Waals surface area (Å²) in [5.41, 5.74) is 0.656. The zero-order valence-corrected chi connectivity index (χ0v) is 6.24. The summed E-state index contributed by atoms with van der Waals surface area (Å²) in [4.78, 5) is 15.1. The molecule has 1 aromatic rings. The largest absolute Gasteiger partial charge is 0.346 e. The van der Waals surface area contributed by atoms with Gasteiger partial charge in [0.1, 0.15) is 5.69 Å². The molecular weight excluding hydrogens is 142 g/mol. The van der Waals surface area contributed by atoms with E-state index in [1.165, 1.54) is 0 Å². The summed E-state index contributed by atoms with van der Waals surface area (Å²) in [6.07, 6.45) is 3.27. The highest BCUT2D eigenvalue weighted by Crippen LogP contribution is 2.06. The lowest BCUT2D eigenvalue weighted by Gasteiger charge is -2.21. The van der Waals surface area contributed by atoms with E-state index >= 15 is 0 Å². The Kier molecular flexibility index (Phi) is 1.21. The summed E-state index contributed by atoms with van der Waals surface area (Å²) >= 11 is 0. The lowest BCUT2D eigenvalue weighted by Crippen LogP contribution is -2.41. The summed E-state index contributed by atoms with van der Waals surface area (Å²) in [7, 11) is 0. The molecule has 1 atom stereocenters. The summed E-state index contributed by atoms with van der Waals surface area (Å²) in [5.74, 6) is -0.0266. The van der Waals surface area contributed by atoms with E-state index in [2.05, 4.69) is 10.3 Å². The summed E-state index contributed by atoms with van der Waals surface area (Å²) in [5, 5.41) is 2.82. The van der Waals surface area contributed by atoms with Gasteiger partial charge in [-0.25, -0.2) is 4.98 Å². The quantitative estimate of drug-likeness (QED) is 0.568. The molecule has 11 heavy (non-hydrogen) atoms. The van der Waals surface area contributed by atoms with Crippen molar-refractivity contribution in [2.24, 2.45) is 0 Å². The van der Waals surface area contributed by atoms with Gasteiger partial charge in [0.15, 0.2) is 0 Å². The maximum Gasteiger partial charge on any atom is 0.269 e. The van der Waals surface area contributed by atoms with Crippen LogP contribution < -0.4 is 5.32 Å². The molecule has 0 fully saturated rings. The Hall–Kier alpha value is -1.32. The Morgan fingerprint density at radius 1 is 1.82 bits per heavy atom. The fraction of sp³-hybridized carbons (Fsp3) is 0.429. The van der Waals surface area contributed by atoms with Gasteiger partial charge < -0.3 is 9.88 Å². The summed E-state index contributed by atoms with van der Waals surface area (Å²) in [6.45, 7) is 2.79. The van der Waals surface area contributed by atoms with Crippen molar-refractivity contribution in [2.45, 2.75) is 19.5 Å². The molecule has 0 bridgehead atoms. The van der Waals surface area contributed by atoms with Gasteiger partial charge in [-0.15, -0.1) is 0 Å². The van der Waals surface area contributed by atoms with Crippen LogP contribution in [0.25, 0.3) is 0 Å². The fourth-order valence-electron chi connectivity index (χ4n) is 1.29. The van der Waals surface area contributed by atoms with Crippen molar-refractivity contribution in [1.82, 2.24) is 14.9 Å². The van der Waals surface area contributed by atoms with Crippen LogP contribution in [0.1, 0.15) is 17.4 Å². The average Bonchev–Trinajstić information content (AvgIpc) is 2.34. The van der Waals surface area contributed by atoms with Crippen molar-refractivity contribution in [3.05, 3.63) is 18.2 Å². The number of amides is 1. The average molecular weight is 151 g/mol. The first kappa shape index (κ1) is 6.39. The van der Waals surface area contributed by atoms with Crippen molar-refractivity contribution in [3.8, 4) is 0 Å². The number of carbonyl (C=O) groups excluding carboxylic acids is 1. The third-order valence-electron chi connectivity index (χ3n) is 1.79. The van der Waals surface area contributed by atoms with Crippen LogP contribution >= 0.6 is 0 Å². The number of nitrogens with one attached hydrogen (secondary N) is 1. The molecular formula is C7H9N3O. The molecule has 1 amide bonds. The van der Waals surface area contributed by atoms with E-state index in [0.717, 1.165) is 6.54 Å². The third-order valence-corrected chi connectivity index (χ3v) is 1.79. The van der Waals surface area contributed by atoms with E-state index in [1.54, 1.807) is 12.5 Å². The molecule has 1 N–H and O–H groups in total. The van der Waals surface area contributed by atoms with Crippen LogP contribution in [0.5, 0.6) is 0 Å². The monoisotopic (exact) mass is 151 g/mol. The molecule has 0 radical (unpaired) electrons. The zero-order valence-electron chi connectivity index (χ0n) is 6.24. The summed E-state index contributed by atoms with van der Waals surface area (Å²) in [6, 6.07) is 0.212. The minimum atomic E-state index is -0.0266. The number of aromatic nitrogens is 2. The Bertz CT molecular complexity index is 292. The number of imidazole rings is 1. The zero-order chi connectivity index (χ0) is 7.84. The van der Waals surface area contributed by atoms with E-state index in [9.17, 15) is 4.79 Å². The van der Waals surface area contributed by atoms with Crippen LogP contribution in [0, 0.1) is 0 Å². The predicted molar refractivity (Wildman–Crippen MR) is 39.2 cm³/mol. The van der Waals surface area contributed by atoms with Crippen molar-refractivity contribution in [1.29, 1.82) is 0 Å². The van der Waals surface area contributed by atoms with E-state index < -0.39 is 0 Å². The molecule has 2 rings (SSSR count). The van der Waals surface area contributed by atoms with Gasteiger partial charge in [-0.1, -0.05) is 0 Å². The SMILES string of the molecule is C[C@H]1Cn2cncc2C(=O)N1. The topological polar surface area (TPSA) is 46.9 Å². The molecule has 1 aliphatic heterocycles. The highest BCUT2D eigenvalue weighted by atomic mass is 16.2.